The van der Waals surface area contributed by atoms with Gasteiger partial charge in [0.1, 0.15) is 0 Å². The number of ether oxygens (including phenoxy) is 1. The van der Waals surface area contributed by atoms with Gasteiger partial charge in [-0.1, -0.05) is 17.2 Å². The van der Waals surface area contributed by atoms with Crippen molar-refractivity contribution in [3.8, 4) is 0 Å². The number of benzene rings is 1. The third kappa shape index (κ3) is 4.01. The van der Waals surface area contributed by atoms with Crippen LogP contribution in [0.3, 0.4) is 0 Å². The van der Waals surface area contributed by atoms with Crippen LogP contribution in [-0.4, -0.2) is 35.7 Å². The number of anilines is 1. The van der Waals surface area contributed by atoms with Gasteiger partial charge in [-0.15, -0.1) is 0 Å². The summed E-state index contributed by atoms with van der Waals surface area (Å²) in [6, 6.07) is 6.12. The van der Waals surface area contributed by atoms with Crippen LogP contribution in [0.2, 0.25) is 5.02 Å². The largest absolute Gasteiger partial charge is 0.450 e. The SMILES string of the molecule is CCOC(=O)N1CCC(=C2c3cc(N)c(Cl)cc3CCc3cc(Br)cnc32)CC1. The maximum Gasteiger partial charge on any atom is 0.409 e. The highest BCUT2D eigenvalue weighted by atomic mass is 79.9. The zero-order chi connectivity index (χ0) is 20.5. The monoisotopic (exact) mass is 475 g/mol. The molecule has 0 bridgehead atoms. The fourth-order valence-corrected chi connectivity index (χ4v) is 4.71. The normalized spacial score (nSPS) is 16.2. The average Bonchev–Trinajstić information content (AvgIpc) is 2.85. The number of piperidine rings is 1. The minimum absolute atomic E-state index is 0.240. The second-order valence-electron chi connectivity index (χ2n) is 7.36. The fraction of sp³-hybridized carbons (Fsp3) is 0.364. The topological polar surface area (TPSA) is 68.5 Å². The molecule has 1 aliphatic carbocycles. The third-order valence-electron chi connectivity index (χ3n) is 5.57. The Bertz CT molecular complexity index is 996. The van der Waals surface area contributed by atoms with E-state index in [-0.39, 0.29) is 6.09 Å². The van der Waals surface area contributed by atoms with Crippen LogP contribution in [0.25, 0.3) is 5.57 Å². The van der Waals surface area contributed by atoms with E-state index in [0.717, 1.165) is 47.0 Å². The van der Waals surface area contributed by atoms with Crippen molar-refractivity contribution in [1.82, 2.24) is 9.88 Å². The quantitative estimate of drug-likeness (QED) is 0.572. The lowest BCUT2D eigenvalue weighted by Crippen LogP contribution is -2.37. The second kappa shape index (κ2) is 8.36. The van der Waals surface area contributed by atoms with Gasteiger partial charge in [0.15, 0.2) is 0 Å². The molecule has 29 heavy (non-hydrogen) atoms. The van der Waals surface area contributed by atoms with Gasteiger partial charge < -0.3 is 15.4 Å². The summed E-state index contributed by atoms with van der Waals surface area (Å²) in [4.78, 5) is 18.7. The molecule has 0 spiro atoms. The Hall–Kier alpha value is -2.05. The first-order valence-corrected chi connectivity index (χ1v) is 11.0. The van der Waals surface area contributed by atoms with E-state index in [1.54, 1.807) is 4.90 Å². The third-order valence-corrected chi connectivity index (χ3v) is 6.33. The summed E-state index contributed by atoms with van der Waals surface area (Å²) in [5.74, 6) is 0. The number of pyridine rings is 1. The van der Waals surface area contributed by atoms with E-state index < -0.39 is 0 Å². The molecule has 2 N–H and O–H groups in total. The standard InChI is InChI=1S/C22H23BrClN3O2/c1-2-29-22(28)27-7-5-13(6-8-27)20-17-11-19(25)18(24)10-14(17)3-4-15-9-16(23)12-26-21(15)20/h9-12H,2-8,25H2,1H3. The molecule has 1 fully saturated rings. The molecular formula is C22H23BrClN3O2. The molecule has 5 nitrogen and oxygen atoms in total. The van der Waals surface area contributed by atoms with Gasteiger partial charge in [-0.05, 0) is 83.4 Å². The number of carbonyl (C=O) groups excluding carboxylic acids is 1. The Morgan fingerprint density at radius 2 is 1.93 bits per heavy atom. The minimum Gasteiger partial charge on any atom is -0.450 e. The van der Waals surface area contributed by atoms with Gasteiger partial charge in [-0.3, -0.25) is 4.98 Å². The molecule has 0 unspecified atom stereocenters. The zero-order valence-corrected chi connectivity index (χ0v) is 18.6. The van der Waals surface area contributed by atoms with Gasteiger partial charge in [0.2, 0.25) is 0 Å². The van der Waals surface area contributed by atoms with Crippen LogP contribution in [0, 0.1) is 0 Å². The van der Waals surface area contributed by atoms with Crippen LogP contribution < -0.4 is 5.73 Å². The first kappa shape index (κ1) is 20.2. The van der Waals surface area contributed by atoms with E-state index >= 15 is 0 Å². The Morgan fingerprint density at radius 3 is 2.66 bits per heavy atom. The summed E-state index contributed by atoms with van der Waals surface area (Å²) in [5.41, 5.74) is 13.7. The van der Waals surface area contributed by atoms with Gasteiger partial charge in [-0.25, -0.2) is 4.79 Å². The minimum atomic E-state index is -0.240. The number of hydrogen-bond donors (Lipinski definition) is 1. The van der Waals surface area contributed by atoms with Crippen molar-refractivity contribution in [3.63, 3.8) is 0 Å². The first-order chi connectivity index (χ1) is 14.0. The first-order valence-electron chi connectivity index (χ1n) is 9.84. The van der Waals surface area contributed by atoms with Crippen LogP contribution in [0.1, 0.15) is 42.1 Å². The number of hydrogen-bond acceptors (Lipinski definition) is 4. The van der Waals surface area contributed by atoms with Crippen molar-refractivity contribution < 1.29 is 9.53 Å². The molecule has 1 aliphatic heterocycles. The smallest absolute Gasteiger partial charge is 0.409 e. The maximum atomic E-state index is 12.1. The Labute approximate surface area is 184 Å². The molecule has 4 rings (SSSR count). The van der Waals surface area contributed by atoms with Gasteiger partial charge in [0, 0.05) is 29.3 Å². The number of aryl methyl sites for hydroxylation is 2. The Balaban J connectivity index is 1.81. The number of likely N-dealkylation sites (tertiary alicyclic amines) is 1. The lowest BCUT2D eigenvalue weighted by atomic mass is 9.88. The predicted molar refractivity (Wildman–Crippen MR) is 119 cm³/mol. The number of carbonyl (C=O) groups is 1. The molecule has 0 saturated carbocycles. The molecule has 2 heterocycles. The number of rotatable bonds is 1. The van der Waals surface area contributed by atoms with E-state index in [1.807, 2.05) is 25.3 Å². The number of fused-ring (bicyclic) bond motifs is 2. The van der Waals surface area contributed by atoms with Crippen molar-refractivity contribution in [2.75, 3.05) is 25.4 Å². The Morgan fingerprint density at radius 1 is 1.21 bits per heavy atom. The molecule has 0 radical (unpaired) electrons. The van der Waals surface area contributed by atoms with Crippen LogP contribution in [-0.2, 0) is 17.6 Å². The summed E-state index contributed by atoms with van der Waals surface area (Å²) in [6.45, 7) is 3.50. The zero-order valence-electron chi connectivity index (χ0n) is 16.3. The Kier molecular flexibility index (Phi) is 5.83. The van der Waals surface area contributed by atoms with Gasteiger partial charge in [0.25, 0.3) is 0 Å². The van der Waals surface area contributed by atoms with E-state index in [9.17, 15) is 4.79 Å². The molecule has 7 heteroatoms. The lowest BCUT2D eigenvalue weighted by molar-refractivity contribution is 0.104. The molecule has 152 valence electrons. The molecule has 1 amide bonds. The highest BCUT2D eigenvalue weighted by Crippen LogP contribution is 2.40. The van der Waals surface area contributed by atoms with Gasteiger partial charge in [0.05, 0.1) is 23.0 Å². The van der Waals surface area contributed by atoms with E-state index in [1.165, 1.54) is 16.7 Å². The van der Waals surface area contributed by atoms with Crippen molar-refractivity contribution in [1.29, 1.82) is 0 Å². The van der Waals surface area contributed by atoms with Gasteiger partial charge in [-0.2, -0.15) is 0 Å². The lowest BCUT2D eigenvalue weighted by Gasteiger charge is -2.29. The number of halogens is 2. The van der Waals surface area contributed by atoms with Crippen molar-refractivity contribution >= 4 is 44.9 Å². The van der Waals surface area contributed by atoms with Crippen molar-refractivity contribution in [2.45, 2.75) is 32.6 Å². The van der Waals surface area contributed by atoms with Crippen LogP contribution in [0.15, 0.2) is 34.4 Å². The highest BCUT2D eigenvalue weighted by molar-refractivity contribution is 9.10. The number of amides is 1. The highest BCUT2D eigenvalue weighted by Gasteiger charge is 2.27. The summed E-state index contributed by atoms with van der Waals surface area (Å²) < 4.78 is 6.13. The molecular weight excluding hydrogens is 454 g/mol. The molecule has 2 aromatic rings. The molecule has 2 aliphatic rings. The van der Waals surface area contributed by atoms with Crippen LogP contribution in [0.5, 0.6) is 0 Å². The fourth-order valence-electron chi connectivity index (χ4n) is 4.15. The van der Waals surface area contributed by atoms with E-state index in [4.69, 9.17) is 27.1 Å². The van der Waals surface area contributed by atoms with Crippen LogP contribution in [0.4, 0.5) is 10.5 Å². The van der Waals surface area contributed by atoms with Gasteiger partial charge >= 0.3 is 6.09 Å². The average molecular weight is 477 g/mol. The molecule has 1 aromatic carbocycles. The molecule has 1 saturated heterocycles. The van der Waals surface area contributed by atoms with Crippen molar-refractivity contribution in [3.05, 3.63) is 61.8 Å². The van der Waals surface area contributed by atoms with E-state index in [2.05, 4.69) is 22.0 Å². The second-order valence-corrected chi connectivity index (χ2v) is 8.68. The summed E-state index contributed by atoms with van der Waals surface area (Å²) in [6.07, 6.45) is 4.95. The summed E-state index contributed by atoms with van der Waals surface area (Å²) in [5, 5.41) is 0.588. The molecule has 0 atom stereocenters. The van der Waals surface area contributed by atoms with Crippen LogP contribution >= 0.6 is 27.5 Å². The number of nitrogens with zero attached hydrogens (tertiary/aromatic N) is 2. The van der Waals surface area contributed by atoms with E-state index in [0.29, 0.717) is 30.4 Å². The predicted octanol–water partition coefficient (Wildman–Crippen LogP) is 5.23. The maximum absolute atomic E-state index is 12.1. The summed E-state index contributed by atoms with van der Waals surface area (Å²) in [7, 11) is 0. The number of nitrogens with two attached hydrogens (primary N) is 1. The number of aromatic nitrogens is 1. The number of nitrogen functional groups attached to an aromatic ring is 1. The van der Waals surface area contributed by atoms with Crippen molar-refractivity contribution in [2.24, 2.45) is 0 Å². The summed E-state index contributed by atoms with van der Waals surface area (Å²) >= 11 is 9.88. The molecule has 1 aromatic heterocycles.